The fourth-order valence-electron chi connectivity index (χ4n) is 1.33. The van der Waals surface area contributed by atoms with Gasteiger partial charge in [0, 0.05) is 19.7 Å². The van der Waals surface area contributed by atoms with Crippen molar-refractivity contribution in [2.45, 2.75) is 32.2 Å². The molecule has 0 radical (unpaired) electrons. The molecule has 1 aliphatic rings. The van der Waals surface area contributed by atoms with Crippen molar-refractivity contribution >= 4 is 18.0 Å². The lowest BCUT2D eigenvalue weighted by Crippen LogP contribution is -2.49. The number of carbonyl (C=O) groups is 2. The average molecular weight is 197 g/mol. The van der Waals surface area contributed by atoms with Gasteiger partial charge in [-0.2, -0.15) is 5.10 Å². The molecule has 1 saturated heterocycles. The minimum Gasteiger partial charge on any atom is -0.295 e. The number of imide groups is 1. The van der Waals surface area contributed by atoms with Gasteiger partial charge in [-0.1, -0.05) is 6.92 Å². The molecule has 1 N–H and O–H groups in total. The van der Waals surface area contributed by atoms with Gasteiger partial charge in [-0.3, -0.25) is 19.9 Å². The highest BCUT2D eigenvalue weighted by molar-refractivity contribution is 6.00. The summed E-state index contributed by atoms with van der Waals surface area (Å²) in [6.45, 7) is 1.97. The van der Waals surface area contributed by atoms with Crippen LogP contribution in [0.5, 0.6) is 0 Å². The minimum absolute atomic E-state index is 0.195. The minimum atomic E-state index is -0.310. The molecule has 1 rings (SSSR count). The van der Waals surface area contributed by atoms with Crippen molar-refractivity contribution in [3.05, 3.63) is 0 Å². The van der Waals surface area contributed by atoms with E-state index < -0.39 is 0 Å². The van der Waals surface area contributed by atoms with Crippen molar-refractivity contribution < 1.29 is 9.59 Å². The van der Waals surface area contributed by atoms with E-state index in [4.69, 9.17) is 0 Å². The van der Waals surface area contributed by atoms with Crippen LogP contribution in [0, 0.1) is 0 Å². The standard InChI is InChI=1S/C9H15N3O2/c1-3-6-10-12(2)7-4-5-8(13)11-9(7)14/h6-7H,3-5H2,1-2H3,(H,11,13,14)/b10-6-. The lowest BCUT2D eigenvalue weighted by Gasteiger charge is -2.27. The number of piperidine rings is 1. The van der Waals surface area contributed by atoms with E-state index in [0.29, 0.717) is 12.8 Å². The number of nitrogens with zero attached hydrogens (tertiary/aromatic N) is 2. The number of hydrogen-bond donors (Lipinski definition) is 1. The third-order valence-electron chi connectivity index (χ3n) is 2.11. The molecule has 0 saturated carbocycles. The largest absolute Gasteiger partial charge is 0.295 e. The van der Waals surface area contributed by atoms with Crippen molar-refractivity contribution in [1.82, 2.24) is 10.3 Å². The summed E-state index contributed by atoms with van der Waals surface area (Å²) in [5, 5.41) is 7.97. The molecule has 14 heavy (non-hydrogen) atoms. The number of likely N-dealkylation sites (N-methyl/N-ethyl adjacent to an activating group) is 1. The molecule has 0 aromatic rings. The molecule has 5 heteroatoms. The first-order chi connectivity index (χ1) is 6.65. The normalized spacial score (nSPS) is 22.6. The molecular weight excluding hydrogens is 182 g/mol. The van der Waals surface area contributed by atoms with E-state index >= 15 is 0 Å². The molecule has 1 heterocycles. The number of hydrazone groups is 1. The third-order valence-corrected chi connectivity index (χ3v) is 2.11. The fraction of sp³-hybridized carbons (Fsp3) is 0.667. The van der Waals surface area contributed by atoms with Crippen LogP contribution in [0.3, 0.4) is 0 Å². The Morgan fingerprint density at radius 3 is 2.93 bits per heavy atom. The molecule has 0 aromatic heterocycles. The smallest absolute Gasteiger partial charge is 0.250 e. The predicted molar refractivity (Wildman–Crippen MR) is 52.7 cm³/mol. The molecule has 1 fully saturated rings. The predicted octanol–water partition coefficient (Wildman–Crippen LogP) is 0.119. The molecule has 1 unspecified atom stereocenters. The number of carbonyl (C=O) groups excluding carboxylic acids is 2. The molecule has 5 nitrogen and oxygen atoms in total. The second kappa shape index (κ2) is 4.74. The number of amides is 2. The maximum Gasteiger partial charge on any atom is 0.250 e. The molecule has 1 atom stereocenters. The van der Waals surface area contributed by atoms with Crippen LogP contribution in [0.25, 0.3) is 0 Å². The Balaban J connectivity index is 2.55. The highest BCUT2D eigenvalue weighted by Gasteiger charge is 2.29. The van der Waals surface area contributed by atoms with E-state index in [9.17, 15) is 9.59 Å². The van der Waals surface area contributed by atoms with Crippen LogP contribution in [0.15, 0.2) is 5.10 Å². The Kier molecular flexibility index (Phi) is 3.62. The topological polar surface area (TPSA) is 61.8 Å². The van der Waals surface area contributed by atoms with Crippen LogP contribution in [-0.4, -0.2) is 36.1 Å². The van der Waals surface area contributed by atoms with E-state index in [0.717, 1.165) is 6.42 Å². The Morgan fingerprint density at radius 2 is 2.36 bits per heavy atom. The highest BCUT2D eigenvalue weighted by atomic mass is 16.2. The molecule has 0 aromatic carbocycles. The first-order valence-electron chi connectivity index (χ1n) is 4.74. The van der Waals surface area contributed by atoms with Crippen LogP contribution in [0.1, 0.15) is 26.2 Å². The third kappa shape index (κ3) is 2.55. The summed E-state index contributed by atoms with van der Waals surface area (Å²) in [6.07, 6.45) is 3.51. The second-order valence-corrected chi connectivity index (χ2v) is 3.25. The van der Waals surface area contributed by atoms with Crippen LogP contribution in [0.4, 0.5) is 0 Å². The van der Waals surface area contributed by atoms with Gasteiger partial charge in [0.15, 0.2) is 0 Å². The van der Waals surface area contributed by atoms with Gasteiger partial charge in [0.2, 0.25) is 5.91 Å². The summed E-state index contributed by atoms with van der Waals surface area (Å²) in [4.78, 5) is 22.2. The summed E-state index contributed by atoms with van der Waals surface area (Å²) in [5.74, 6) is -0.448. The summed E-state index contributed by atoms with van der Waals surface area (Å²) in [6, 6.07) is -0.310. The Bertz CT molecular complexity index is 263. The molecule has 2 amide bonds. The van der Waals surface area contributed by atoms with Crippen LogP contribution in [0.2, 0.25) is 0 Å². The van der Waals surface area contributed by atoms with E-state index in [-0.39, 0.29) is 17.9 Å². The molecule has 0 aliphatic carbocycles. The van der Waals surface area contributed by atoms with Crippen molar-refractivity contribution in [2.24, 2.45) is 5.10 Å². The quantitative estimate of drug-likeness (QED) is 0.397. The number of rotatable bonds is 3. The van der Waals surface area contributed by atoms with E-state index in [1.807, 2.05) is 6.92 Å². The molecule has 78 valence electrons. The van der Waals surface area contributed by atoms with Gasteiger partial charge in [-0.15, -0.1) is 0 Å². The van der Waals surface area contributed by atoms with E-state index in [1.54, 1.807) is 18.3 Å². The first-order valence-corrected chi connectivity index (χ1v) is 4.74. The van der Waals surface area contributed by atoms with Gasteiger partial charge in [0.25, 0.3) is 5.91 Å². The summed E-state index contributed by atoms with van der Waals surface area (Å²) in [5.41, 5.74) is 0. The fourth-order valence-corrected chi connectivity index (χ4v) is 1.33. The zero-order chi connectivity index (χ0) is 10.6. The van der Waals surface area contributed by atoms with Crippen molar-refractivity contribution in [1.29, 1.82) is 0 Å². The van der Waals surface area contributed by atoms with Crippen LogP contribution < -0.4 is 5.32 Å². The summed E-state index contributed by atoms with van der Waals surface area (Å²) < 4.78 is 0. The first kappa shape index (κ1) is 10.7. The van der Waals surface area contributed by atoms with Crippen LogP contribution in [-0.2, 0) is 9.59 Å². The lowest BCUT2D eigenvalue weighted by atomic mass is 10.1. The van der Waals surface area contributed by atoms with E-state index in [2.05, 4.69) is 10.4 Å². The average Bonchev–Trinajstić information content (AvgIpc) is 2.14. The maximum atomic E-state index is 11.4. The number of nitrogens with one attached hydrogen (secondary N) is 1. The van der Waals surface area contributed by atoms with Gasteiger partial charge in [-0.05, 0) is 12.8 Å². The SMILES string of the molecule is CC/C=N\N(C)C1CCC(=O)NC1=O. The highest BCUT2D eigenvalue weighted by Crippen LogP contribution is 2.10. The van der Waals surface area contributed by atoms with E-state index in [1.165, 1.54) is 0 Å². The van der Waals surface area contributed by atoms with Crippen molar-refractivity contribution in [3.8, 4) is 0 Å². The summed E-state index contributed by atoms with van der Waals surface area (Å²) in [7, 11) is 1.74. The molecular formula is C9H15N3O2. The van der Waals surface area contributed by atoms with Crippen molar-refractivity contribution in [3.63, 3.8) is 0 Å². The van der Waals surface area contributed by atoms with Crippen molar-refractivity contribution in [2.75, 3.05) is 7.05 Å². The van der Waals surface area contributed by atoms with Gasteiger partial charge in [0.1, 0.15) is 6.04 Å². The maximum absolute atomic E-state index is 11.4. The Hall–Kier alpha value is -1.39. The Labute approximate surface area is 83.2 Å². The van der Waals surface area contributed by atoms with Gasteiger partial charge < -0.3 is 0 Å². The second-order valence-electron chi connectivity index (χ2n) is 3.25. The number of hydrogen-bond acceptors (Lipinski definition) is 4. The Morgan fingerprint density at radius 1 is 1.64 bits per heavy atom. The molecule has 0 bridgehead atoms. The van der Waals surface area contributed by atoms with Crippen LogP contribution >= 0.6 is 0 Å². The zero-order valence-corrected chi connectivity index (χ0v) is 8.49. The lowest BCUT2D eigenvalue weighted by molar-refractivity contribution is -0.137. The molecule has 1 aliphatic heterocycles. The zero-order valence-electron chi connectivity index (χ0n) is 8.49. The van der Waals surface area contributed by atoms with Gasteiger partial charge >= 0.3 is 0 Å². The monoisotopic (exact) mass is 197 g/mol. The summed E-state index contributed by atoms with van der Waals surface area (Å²) >= 11 is 0. The molecule has 0 spiro atoms. The van der Waals surface area contributed by atoms with Gasteiger partial charge in [-0.25, -0.2) is 0 Å². The van der Waals surface area contributed by atoms with Gasteiger partial charge in [0.05, 0.1) is 0 Å².